The predicted molar refractivity (Wildman–Crippen MR) is 107 cm³/mol. The van der Waals surface area contributed by atoms with Gasteiger partial charge in [-0.3, -0.25) is 0 Å². The molecule has 0 unspecified atom stereocenters. The van der Waals surface area contributed by atoms with Crippen molar-refractivity contribution in [2.24, 2.45) is 0 Å². The normalized spacial score (nSPS) is 14.0. The van der Waals surface area contributed by atoms with Crippen LogP contribution in [0.1, 0.15) is 5.56 Å². The molecule has 4 rings (SSSR count). The maximum absolute atomic E-state index is 5.45. The molecule has 1 aliphatic rings. The molecule has 27 heavy (non-hydrogen) atoms. The van der Waals surface area contributed by atoms with Gasteiger partial charge in [0, 0.05) is 18.8 Å². The van der Waals surface area contributed by atoms with E-state index in [0.29, 0.717) is 11.8 Å². The number of hydrogen-bond donors (Lipinski definition) is 2. The summed E-state index contributed by atoms with van der Waals surface area (Å²) in [6.45, 7) is 5.27. The Bertz CT molecular complexity index is 893. The zero-order chi connectivity index (χ0) is 18.5. The average molecular weight is 362 g/mol. The highest BCUT2D eigenvalue weighted by atomic mass is 16.5. The third kappa shape index (κ3) is 4.32. The number of anilines is 5. The van der Waals surface area contributed by atoms with Crippen LogP contribution in [0, 0.1) is 6.92 Å². The second-order valence-electron chi connectivity index (χ2n) is 6.40. The SMILES string of the molecule is Cc1ccc(Nc2cnnc(Nc3ccccc3N3CCOCC3)n2)cc1. The van der Waals surface area contributed by atoms with Gasteiger partial charge in [0.1, 0.15) is 0 Å². The lowest BCUT2D eigenvalue weighted by molar-refractivity contribution is 0.123. The Balaban J connectivity index is 1.52. The smallest absolute Gasteiger partial charge is 0.249 e. The van der Waals surface area contributed by atoms with Crippen LogP contribution in [0.3, 0.4) is 0 Å². The van der Waals surface area contributed by atoms with E-state index in [9.17, 15) is 0 Å². The minimum Gasteiger partial charge on any atom is -0.378 e. The number of aromatic nitrogens is 3. The minimum atomic E-state index is 0.452. The van der Waals surface area contributed by atoms with Gasteiger partial charge < -0.3 is 20.3 Å². The van der Waals surface area contributed by atoms with E-state index in [-0.39, 0.29) is 0 Å². The fourth-order valence-corrected chi connectivity index (χ4v) is 2.98. The van der Waals surface area contributed by atoms with Crippen LogP contribution in [0.15, 0.2) is 54.7 Å². The van der Waals surface area contributed by atoms with Gasteiger partial charge in [0.2, 0.25) is 5.95 Å². The quantitative estimate of drug-likeness (QED) is 0.719. The molecule has 1 fully saturated rings. The molecule has 7 heteroatoms. The summed E-state index contributed by atoms with van der Waals surface area (Å²) >= 11 is 0. The lowest BCUT2D eigenvalue weighted by Crippen LogP contribution is -2.36. The van der Waals surface area contributed by atoms with E-state index in [1.165, 1.54) is 5.56 Å². The molecule has 2 N–H and O–H groups in total. The highest BCUT2D eigenvalue weighted by molar-refractivity contribution is 5.73. The van der Waals surface area contributed by atoms with Crippen LogP contribution < -0.4 is 15.5 Å². The first-order valence-corrected chi connectivity index (χ1v) is 9.00. The van der Waals surface area contributed by atoms with Crippen molar-refractivity contribution < 1.29 is 4.74 Å². The van der Waals surface area contributed by atoms with Gasteiger partial charge in [-0.15, -0.1) is 5.10 Å². The molecular weight excluding hydrogens is 340 g/mol. The van der Waals surface area contributed by atoms with Crippen molar-refractivity contribution in [3.8, 4) is 0 Å². The van der Waals surface area contributed by atoms with Crippen molar-refractivity contribution in [1.29, 1.82) is 0 Å². The number of nitrogens with zero attached hydrogens (tertiary/aromatic N) is 4. The molecule has 3 aromatic rings. The molecule has 0 spiro atoms. The molecule has 1 aromatic heterocycles. The predicted octanol–water partition coefficient (Wildman–Crippen LogP) is 3.50. The van der Waals surface area contributed by atoms with Crippen LogP contribution in [0.2, 0.25) is 0 Å². The molecule has 0 radical (unpaired) electrons. The molecule has 138 valence electrons. The maximum atomic E-state index is 5.45. The summed E-state index contributed by atoms with van der Waals surface area (Å²) in [5.74, 6) is 1.09. The van der Waals surface area contributed by atoms with Crippen molar-refractivity contribution in [2.75, 3.05) is 41.8 Å². The number of ether oxygens (including phenoxy) is 1. The van der Waals surface area contributed by atoms with Gasteiger partial charge in [-0.2, -0.15) is 10.1 Å². The monoisotopic (exact) mass is 362 g/mol. The van der Waals surface area contributed by atoms with Gasteiger partial charge in [0.05, 0.1) is 30.8 Å². The average Bonchev–Trinajstić information content (AvgIpc) is 2.71. The van der Waals surface area contributed by atoms with Crippen molar-refractivity contribution in [3.05, 3.63) is 60.3 Å². The molecule has 0 aliphatic carbocycles. The molecule has 0 amide bonds. The lowest BCUT2D eigenvalue weighted by Gasteiger charge is -2.30. The van der Waals surface area contributed by atoms with E-state index >= 15 is 0 Å². The Morgan fingerprint density at radius 3 is 2.56 bits per heavy atom. The van der Waals surface area contributed by atoms with Crippen LogP contribution >= 0.6 is 0 Å². The number of rotatable bonds is 5. The second-order valence-corrected chi connectivity index (χ2v) is 6.40. The number of nitrogens with one attached hydrogen (secondary N) is 2. The summed E-state index contributed by atoms with van der Waals surface area (Å²) in [4.78, 5) is 6.83. The zero-order valence-electron chi connectivity index (χ0n) is 15.2. The molecule has 2 aromatic carbocycles. The molecule has 0 bridgehead atoms. The van der Waals surface area contributed by atoms with E-state index in [0.717, 1.165) is 43.4 Å². The first kappa shape index (κ1) is 17.2. The Hall–Kier alpha value is -3.19. The fourth-order valence-electron chi connectivity index (χ4n) is 2.98. The van der Waals surface area contributed by atoms with E-state index in [4.69, 9.17) is 4.74 Å². The lowest BCUT2D eigenvalue weighted by atomic mass is 10.2. The Morgan fingerprint density at radius 1 is 0.963 bits per heavy atom. The summed E-state index contributed by atoms with van der Waals surface area (Å²) in [7, 11) is 0. The van der Waals surface area contributed by atoms with Gasteiger partial charge in [-0.25, -0.2) is 0 Å². The topological polar surface area (TPSA) is 75.2 Å². The number of para-hydroxylation sites is 2. The van der Waals surface area contributed by atoms with Gasteiger partial charge >= 0.3 is 0 Å². The number of hydrogen-bond acceptors (Lipinski definition) is 7. The third-order valence-electron chi connectivity index (χ3n) is 4.39. The van der Waals surface area contributed by atoms with Crippen molar-refractivity contribution in [2.45, 2.75) is 6.92 Å². The van der Waals surface area contributed by atoms with E-state index in [1.807, 2.05) is 30.3 Å². The molecular formula is C20H22N6O. The van der Waals surface area contributed by atoms with E-state index in [1.54, 1.807) is 6.20 Å². The highest BCUT2D eigenvalue weighted by Gasteiger charge is 2.15. The first-order chi connectivity index (χ1) is 13.3. The Labute approximate surface area is 158 Å². The van der Waals surface area contributed by atoms with Crippen molar-refractivity contribution in [3.63, 3.8) is 0 Å². The van der Waals surface area contributed by atoms with Crippen molar-refractivity contribution in [1.82, 2.24) is 15.2 Å². The molecule has 0 atom stereocenters. The van der Waals surface area contributed by atoms with Gasteiger partial charge in [0.25, 0.3) is 0 Å². The number of benzene rings is 2. The zero-order valence-corrected chi connectivity index (χ0v) is 15.2. The maximum Gasteiger partial charge on any atom is 0.249 e. The summed E-state index contributed by atoms with van der Waals surface area (Å²) in [6, 6.07) is 16.3. The fraction of sp³-hybridized carbons (Fsp3) is 0.250. The highest BCUT2D eigenvalue weighted by Crippen LogP contribution is 2.28. The van der Waals surface area contributed by atoms with Crippen LogP contribution in [0.5, 0.6) is 0 Å². The first-order valence-electron chi connectivity index (χ1n) is 9.00. The molecule has 2 heterocycles. The molecule has 7 nitrogen and oxygen atoms in total. The summed E-state index contributed by atoms with van der Waals surface area (Å²) in [5.41, 5.74) is 4.24. The standard InChI is InChI=1S/C20H22N6O/c1-15-6-8-16(9-7-15)22-19-14-21-25-20(24-19)23-17-4-2-3-5-18(17)26-10-12-27-13-11-26/h2-9,14H,10-13H2,1H3,(H2,22,23,24,25). The van der Waals surface area contributed by atoms with Crippen LogP contribution in [0.25, 0.3) is 0 Å². The minimum absolute atomic E-state index is 0.452. The summed E-state index contributed by atoms with van der Waals surface area (Å²) < 4.78 is 5.45. The van der Waals surface area contributed by atoms with Crippen LogP contribution in [-0.4, -0.2) is 41.5 Å². The Morgan fingerprint density at radius 2 is 1.74 bits per heavy atom. The van der Waals surface area contributed by atoms with E-state index < -0.39 is 0 Å². The number of aryl methyl sites for hydroxylation is 1. The molecule has 1 aliphatic heterocycles. The number of morpholine rings is 1. The van der Waals surface area contributed by atoms with Gasteiger partial charge in [-0.1, -0.05) is 29.8 Å². The molecule has 0 saturated carbocycles. The third-order valence-corrected chi connectivity index (χ3v) is 4.39. The van der Waals surface area contributed by atoms with Crippen LogP contribution in [0.4, 0.5) is 28.8 Å². The van der Waals surface area contributed by atoms with Gasteiger partial charge in [0.15, 0.2) is 5.82 Å². The second kappa shape index (κ2) is 8.01. The Kier molecular flexibility index (Phi) is 5.11. The van der Waals surface area contributed by atoms with Crippen LogP contribution in [-0.2, 0) is 4.74 Å². The molecule has 1 saturated heterocycles. The largest absolute Gasteiger partial charge is 0.378 e. The van der Waals surface area contributed by atoms with Gasteiger partial charge in [-0.05, 0) is 31.2 Å². The summed E-state index contributed by atoms with van der Waals surface area (Å²) in [6.07, 6.45) is 1.61. The van der Waals surface area contributed by atoms with E-state index in [2.05, 4.69) is 55.8 Å². The van der Waals surface area contributed by atoms with Crippen molar-refractivity contribution >= 4 is 28.8 Å². The summed E-state index contributed by atoms with van der Waals surface area (Å²) in [5, 5.41) is 14.7.